The van der Waals surface area contributed by atoms with Gasteiger partial charge in [0.25, 0.3) is 0 Å². The molecule has 2 rings (SSSR count). The van der Waals surface area contributed by atoms with Gasteiger partial charge in [0, 0.05) is 0 Å². The zero-order valence-corrected chi connectivity index (χ0v) is 9.57. The minimum absolute atomic E-state index is 0.275. The van der Waals surface area contributed by atoms with Gasteiger partial charge in [-0.05, 0) is 24.3 Å². The molecule has 16 heavy (non-hydrogen) atoms. The second kappa shape index (κ2) is 5.29. The molecule has 1 aliphatic heterocycles. The maximum absolute atomic E-state index is 10.7. The molecule has 1 heterocycles. The zero-order valence-electron chi connectivity index (χ0n) is 8.75. The molecule has 0 saturated carbocycles. The summed E-state index contributed by atoms with van der Waals surface area (Å²) in [6.45, 7) is 0.612. The van der Waals surface area contributed by atoms with Crippen LogP contribution in [-0.4, -0.2) is 30.6 Å². The van der Waals surface area contributed by atoms with Gasteiger partial charge in [-0.3, -0.25) is 8.37 Å². The van der Waals surface area contributed by atoms with Crippen LogP contribution >= 0.6 is 0 Å². The number of rotatable bonds is 4. The molecule has 1 saturated heterocycles. The van der Waals surface area contributed by atoms with Gasteiger partial charge >= 0.3 is 11.4 Å². The Morgan fingerprint density at radius 3 is 2.62 bits per heavy atom. The molecule has 1 aliphatic rings. The van der Waals surface area contributed by atoms with Crippen LogP contribution in [0.25, 0.3) is 0 Å². The Kier molecular flexibility index (Phi) is 3.76. The van der Waals surface area contributed by atoms with E-state index in [4.69, 9.17) is 17.8 Å². The molecule has 0 radical (unpaired) electrons. The monoisotopic (exact) mass is 244 g/mol. The van der Waals surface area contributed by atoms with Crippen molar-refractivity contribution in [2.45, 2.75) is 6.10 Å². The molecule has 1 aromatic carbocycles. The summed E-state index contributed by atoms with van der Waals surface area (Å²) in [5.74, 6) is 1.48. The maximum Gasteiger partial charge on any atom is 0.305 e. The number of hydrogen-bond donors (Lipinski definition) is 0. The van der Waals surface area contributed by atoms with Crippen molar-refractivity contribution in [1.29, 1.82) is 0 Å². The highest BCUT2D eigenvalue weighted by Gasteiger charge is 2.23. The molecule has 0 aliphatic carbocycles. The van der Waals surface area contributed by atoms with Gasteiger partial charge in [-0.15, -0.1) is 0 Å². The average Bonchev–Trinajstić information content (AvgIpc) is 2.73. The molecule has 5 nitrogen and oxygen atoms in total. The van der Waals surface area contributed by atoms with E-state index in [0.717, 1.165) is 5.75 Å². The minimum Gasteiger partial charge on any atom is -0.497 e. The molecule has 0 unspecified atom stereocenters. The fourth-order valence-corrected chi connectivity index (χ4v) is 1.89. The predicted molar refractivity (Wildman–Crippen MR) is 57.5 cm³/mol. The number of methoxy groups -OCH3 is 1. The second-order valence-corrected chi connectivity index (χ2v) is 4.03. The molecule has 1 aromatic rings. The van der Waals surface area contributed by atoms with Crippen LogP contribution in [0, 0.1) is 0 Å². The van der Waals surface area contributed by atoms with Crippen LogP contribution in [-0.2, 0) is 19.7 Å². The fraction of sp³-hybridized carbons (Fsp3) is 0.400. The van der Waals surface area contributed by atoms with Gasteiger partial charge in [0.15, 0.2) is 0 Å². The van der Waals surface area contributed by atoms with Crippen molar-refractivity contribution < 1.29 is 22.0 Å². The molecular weight excluding hydrogens is 232 g/mol. The molecule has 88 valence electrons. The first-order valence-corrected chi connectivity index (χ1v) is 5.77. The first kappa shape index (κ1) is 11.4. The Bertz CT molecular complexity index is 364. The van der Waals surface area contributed by atoms with E-state index in [2.05, 4.69) is 0 Å². The van der Waals surface area contributed by atoms with Crippen molar-refractivity contribution >= 4 is 11.4 Å². The minimum atomic E-state index is -1.62. The van der Waals surface area contributed by atoms with Crippen LogP contribution in [0.15, 0.2) is 24.3 Å². The van der Waals surface area contributed by atoms with Crippen molar-refractivity contribution in [3.8, 4) is 11.5 Å². The quantitative estimate of drug-likeness (QED) is 0.793. The SMILES string of the molecule is COc1ccc(OC[C@@H]2CO[S@@](=O)O2)cc1. The van der Waals surface area contributed by atoms with Gasteiger partial charge in [0.1, 0.15) is 24.2 Å². The lowest BCUT2D eigenvalue weighted by atomic mass is 10.3. The summed E-state index contributed by atoms with van der Waals surface area (Å²) in [5.41, 5.74) is 0. The third-order valence-corrected chi connectivity index (χ3v) is 2.82. The highest BCUT2D eigenvalue weighted by molar-refractivity contribution is 7.75. The van der Waals surface area contributed by atoms with E-state index in [1.165, 1.54) is 0 Å². The lowest BCUT2D eigenvalue weighted by molar-refractivity contribution is 0.151. The number of benzene rings is 1. The Morgan fingerprint density at radius 2 is 2.06 bits per heavy atom. The van der Waals surface area contributed by atoms with E-state index in [1.807, 2.05) is 0 Å². The van der Waals surface area contributed by atoms with E-state index in [-0.39, 0.29) is 6.10 Å². The smallest absolute Gasteiger partial charge is 0.305 e. The van der Waals surface area contributed by atoms with E-state index < -0.39 is 11.4 Å². The summed E-state index contributed by atoms with van der Waals surface area (Å²) < 4.78 is 30.9. The summed E-state index contributed by atoms with van der Waals surface area (Å²) >= 11 is -1.62. The largest absolute Gasteiger partial charge is 0.497 e. The van der Waals surface area contributed by atoms with Crippen molar-refractivity contribution in [2.24, 2.45) is 0 Å². The second-order valence-electron chi connectivity index (χ2n) is 3.19. The van der Waals surface area contributed by atoms with Gasteiger partial charge in [-0.25, -0.2) is 0 Å². The summed E-state index contributed by atoms with van der Waals surface area (Å²) in [4.78, 5) is 0. The molecule has 0 spiro atoms. The number of hydrogen-bond acceptors (Lipinski definition) is 5. The molecule has 0 aromatic heterocycles. The van der Waals surface area contributed by atoms with Crippen LogP contribution in [0.3, 0.4) is 0 Å². The molecule has 0 amide bonds. The van der Waals surface area contributed by atoms with Crippen LogP contribution < -0.4 is 9.47 Å². The number of ether oxygens (including phenoxy) is 2. The Morgan fingerprint density at radius 1 is 1.38 bits per heavy atom. The van der Waals surface area contributed by atoms with Crippen molar-refractivity contribution in [2.75, 3.05) is 20.3 Å². The molecule has 0 N–H and O–H groups in total. The molecule has 0 bridgehead atoms. The summed E-state index contributed by atoms with van der Waals surface area (Å²) in [5, 5.41) is 0. The maximum atomic E-state index is 10.7. The first-order chi connectivity index (χ1) is 7.78. The normalized spacial score (nSPS) is 24.3. The van der Waals surface area contributed by atoms with Crippen molar-refractivity contribution in [1.82, 2.24) is 0 Å². The Hall–Kier alpha value is -1.11. The lowest BCUT2D eigenvalue weighted by Gasteiger charge is -2.09. The fourth-order valence-electron chi connectivity index (χ4n) is 1.24. The molecular formula is C10H12O5S. The van der Waals surface area contributed by atoms with E-state index in [0.29, 0.717) is 19.0 Å². The lowest BCUT2D eigenvalue weighted by Crippen LogP contribution is -2.19. The third kappa shape index (κ3) is 2.94. The van der Waals surface area contributed by atoms with E-state index in [1.54, 1.807) is 31.4 Å². The van der Waals surface area contributed by atoms with E-state index in [9.17, 15) is 4.21 Å². The standard InChI is InChI=1S/C10H12O5S/c1-12-8-2-4-9(5-3-8)13-6-10-7-14-16(11)15-10/h2-5,10H,6-7H2,1H3/t10-,16-/m1/s1. The summed E-state index contributed by atoms with van der Waals surface area (Å²) in [6, 6.07) is 7.20. The van der Waals surface area contributed by atoms with E-state index >= 15 is 0 Å². The third-order valence-electron chi connectivity index (χ3n) is 2.06. The summed E-state index contributed by atoms with van der Waals surface area (Å²) in [6.07, 6.45) is -0.275. The van der Waals surface area contributed by atoms with Crippen LogP contribution in [0.4, 0.5) is 0 Å². The van der Waals surface area contributed by atoms with Crippen molar-refractivity contribution in [3.63, 3.8) is 0 Å². The van der Waals surface area contributed by atoms with Crippen LogP contribution in [0.1, 0.15) is 0 Å². The van der Waals surface area contributed by atoms with Gasteiger partial charge in [0.2, 0.25) is 0 Å². The van der Waals surface area contributed by atoms with Crippen LogP contribution in [0.5, 0.6) is 11.5 Å². The Balaban J connectivity index is 1.82. The highest BCUT2D eigenvalue weighted by Crippen LogP contribution is 2.18. The average molecular weight is 244 g/mol. The summed E-state index contributed by atoms with van der Waals surface area (Å²) in [7, 11) is 1.61. The topological polar surface area (TPSA) is 54.0 Å². The van der Waals surface area contributed by atoms with Gasteiger partial charge in [-0.2, -0.15) is 4.21 Å². The molecule has 2 atom stereocenters. The van der Waals surface area contributed by atoms with Gasteiger partial charge in [-0.1, -0.05) is 0 Å². The van der Waals surface area contributed by atoms with Crippen LogP contribution in [0.2, 0.25) is 0 Å². The predicted octanol–water partition coefficient (Wildman–Crippen LogP) is 1.07. The molecule has 6 heteroatoms. The Labute approximate surface area is 96.1 Å². The van der Waals surface area contributed by atoms with Gasteiger partial charge < -0.3 is 9.47 Å². The van der Waals surface area contributed by atoms with Gasteiger partial charge in [0.05, 0.1) is 13.7 Å². The highest BCUT2D eigenvalue weighted by atomic mass is 32.2. The molecule has 1 fully saturated rings. The van der Waals surface area contributed by atoms with Crippen molar-refractivity contribution in [3.05, 3.63) is 24.3 Å². The first-order valence-electron chi connectivity index (χ1n) is 4.77. The zero-order chi connectivity index (χ0) is 11.4.